The zero-order valence-electron chi connectivity index (χ0n) is 14.9. The van der Waals surface area contributed by atoms with Crippen molar-refractivity contribution in [1.82, 2.24) is 15.1 Å². The highest BCUT2D eigenvalue weighted by Crippen LogP contribution is 2.30. The molecule has 0 bridgehead atoms. The molecule has 1 atom stereocenters. The van der Waals surface area contributed by atoms with Crippen LogP contribution in [0.2, 0.25) is 0 Å². The van der Waals surface area contributed by atoms with Gasteiger partial charge in [0.25, 0.3) is 5.91 Å². The summed E-state index contributed by atoms with van der Waals surface area (Å²) in [5.41, 5.74) is -1.41. The summed E-state index contributed by atoms with van der Waals surface area (Å²) in [6, 6.07) is 9.06. The second-order valence-corrected chi connectivity index (χ2v) is 7.15. The summed E-state index contributed by atoms with van der Waals surface area (Å²) < 4.78 is 40.1. The molecular weight excluding hydrogens is 391 g/mol. The van der Waals surface area contributed by atoms with E-state index in [-0.39, 0.29) is 17.4 Å². The van der Waals surface area contributed by atoms with E-state index in [1.54, 1.807) is 6.92 Å². The molecule has 0 aliphatic rings. The van der Waals surface area contributed by atoms with Gasteiger partial charge in [-0.3, -0.25) is 9.59 Å². The number of aryl methyl sites for hydroxylation is 1. The van der Waals surface area contributed by atoms with Crippen LogP contribution in [0.15, 0.2) is 52.6 Å². The third-order valence-electron chi connectivity index (χ3n) is 4.06. The first-order valence-corrected chi connectivity index (χ1v) is 9.17. The van der Waals surface area contributed by atoms with Crippen LogP contribution >= 0.6 is 11.3 Å². The fourth-order valence-corrected chi connectivity index (χ4v) is 3.39. The number of carbonyl (C=O) groups is 1. The molecule has 0 aliphatic heterocycles. The fraction of sp³-hybridized carbons (Fsp3) is 0.211. The van der Waals surface area contributed by atoms with E-state index in [1.807, 2.05) is 17.5 Å². The van der Waals surface area contributed by atoms with E-state index in [0.29, 0.717) is 5.69 Å². The maximum atomic E-state index is 13.0. The molecule has 28 heavy (non-hydrogen) atoms. The summed E-state index contributed by atoms with van der Waals surface area (Å²) in [6.45, 7) is 3.30. The molecule has 1 aromatic carbocycles. The van der Waals surface area contributed by atoms with Gasteiger partial charge in [0.1, 0.15) is 0 Å². The van der Waals surface area contributed by atoms with Gasteiger partial charge in [0.05, 0.1) is 17.3 Å². The van der Waals surface area contributed by atoms with Gasteiger partial charge in [0.2, 0.25) is 5.43 Å². The minimum absolute atomic E-state index is 0.104. The number of nitrogens with zero attached hydrogens (tertiary/aromatic N) is 2. The highest BCUT2D eigenvalue weighted by atomic mass is 32.1. The molecule has 9 heteroatoms. The molecule has 3 rings (SSSR count). The lowest BCUT2D eigenvalue weighted by Crippen LogP contribution is -2.33. The summed E-state index contributed by atoms with van der Waals surface area (Å²) in [5.74, 6) is -0.688. The number of thiophene rings is 1. The molecule has 1 amide bonds. The van der Waals surface area contributed by atoms with Gasteiger partial charge in [-0.25, -0.2) is 4.68 Å². The SMILES string of the molecule is Cc1cc(=O)c(C(=O)NC(C)c2cccs2)nn1-c1cccc(C(F)(F)F)c1. The van der Waals surface area contributed by atoms with Crippen molar-refractivity contribution >= 4 is 17.2 Å². The number of hydrogen-bond donors (Lipinski definition) is 1. The van der Waals surface area contributed by atoms with Gasteiger partial charge in [-0.1, -0.05) is 12.1 Å². The fourth-order valence-electron chi connectivity index (χ4n) is 2.65. The monoisotopic (exact) mass is 407 g/mol. The van der Waals surface area contributed by atoms with E-state index in [1.165, 1.54) is 36.5 Å². The van der Waals surface area contributed by atoms with Gasteiger partial charge in [-0.2, -0.15) is 18.3 Å². The lowest BCUT2D eigenvalue weighted by molar-refractivity contribution is -0.137. The topological polar surface area (TPSA) is 64.0 Å². The summed E-state index contributed by atoms with van der Waals surface area (Å²) in [7, 11) is 0. The molecular formula is C19H16F3N3O2S. The van der Waals surface area contributed by atoms with Crippen LogP contribution < -0.4 is 10.7 Å². The number of carbonyl (C=O) groups excluding carboxylic acids is 1. The molecule has 0 spiro atoms. The van der Waals surface area contributed by atoms with Crippen LogP contribution in [0.25, 0.3) is 5.69 Å². The van der Waals surface area contributed by atoms with Crippen LogP contribution in [0, 0.1) is 6.92 Å². The number of halogens is 3. The van der Waals surface area contributed by atoms with Gasteiger partial charge in [-0.05, 0) is 43.5 Å². The molecule has 0 radical (unpaired) electrons. The molecule has 1 N–H and O–H groups in total. The van der Waals surface area contributed by atoms with Crippen molar-refractivity contribution < 1.29 is 18.0 Å². The van der Waals surface area contributed by atoms with Gasteiger partial charge >= 0.3 is 6.18 Å². The minimum Gasteiger partial charge on any atom is -0.343 e. The number of aromatic nitrogens is 2. The van der Waals surface area contributed by atoms with Crippen molar-refractivity contribution in [1.29, 1.82) is 0 Å². The second kappa shape index (κ2) is 7.59. The first kappa shape index (κ1) is 19.8. The lowest BCUT2D eigenvalue weighted by atomic mass is 10.2. The van der Waals surface area contributed by atoms with Gasteiger partial charge in [0, 0.05) is 16.6 Å². The summed E-state index contributed by atoms with van der Waals surface area (Å²) in [4.78, 5) is 25.7. The maximum absolute atomic E-state index is 13.0. The predicted octanol–water partition coefficient (Wildman–Crippen LogP) is 4.11. The standard InChI is InChI=1S/C19H16F3N3O2S/c1-11-9-15(26)17(18(27)23-12(2)16-7-4-8-28-16)24-25(11)14-6-3-5-13(10-14)19(20,21)22/h3-10,12H,1-2H3,(H,23,27). The van der Waals surface area contributed by atoms with E-state index in [4.69, 9.17) is 0 Å². The van der Waals surface area contributed by atoms with Crippen LogP contribution in [-0.2, 0) is 6.18 Å². The normalized spacial score (nSPS) is 12.6. The molecule has 2 heterocycles. The number of amides is 1. The van der Waals surface area contributed by atoms with Gasteiger partial charge in [0.15, 0.2) is 5.69 Å². The van der Waals surface area contributed by atoms with E-state index < -0.39 is 23.1 Å². The number of benzene rings is 1. The molecule has 3 aromatic rings. The Kier molecular flexibility index (Phi) is 5.37. The molecule has 0 aliphatic carbocycles. The molecule has 1 unspecified atom stereocenters. The Bertz CT molecular complexity index is 1060. The summed E-state index contributed by atoms with van der Waals surface area (Å²) >= 11 is 1.45. The Morgan fingerprint density at radius 2 is 1.96 bits per heavy atom. The molecule has 2 aromatic heterocycles. The predicted molar refractivity (Wildman–Crippen MR) is 99.8 cm³/mol. The highest BCUT2D eigenvalue weighted by molar-refractivity contribution is 7.10. The molecule has 0 saturated heterocycles. The number of alkyl halides is 3. The average Bonchev–Trinajstić information content (AvgIpc) is 3.16. The highest BCUT2D eigenvalue weighted by Gasteiger charge is 2.30. The van der Waals surface area contributed by atoms with E-state index in [0.717, 1.165) is 21.7 Å². The van der Waals surface area contributed by atoms with E-state index in [2.05, 4.69) is 10.4 Å². The Labute approximate surface area is 162 Å². The van der Waals surface area contributed by atoms with Crippen LogP contribution in [0.5, 0.6) is 0 Å². The number of rotatable bonds is 4. The second-order valence-electron chi connectivity index (χ2n) is 6.17. The largest absolute Gasteiger partial charge is 0.416 e. The molecule has 5 nitrogen and oxygen atoms in total. The zero-order chi connectivity index (χ0) is 20.5. The Morgan fingerprint density at radius 1 is 1.21 bits per heavy atom. The van der Waals surface area contributed by atoms with Crippen molar-refractivity contribution in [3.05, 3.63) is 79.9 Å². The van der Waals surface area contributed by atoms with E-state index in [9.17, 15) is 22.8 Å². The summed E-state index contributed by atoms with van der Waals surface area (Å²) in [6.07, 6.45) is -4.51. The maximum Gasteiger partial charge on any atom is 0.416 e. The third-order valence-corrected chi connectivity index (χ3v) is 5.11. The Balaban J connectivity index is 1.97. The van der Waals surface area contributed by atoms with Crippen molar-refractivity contribution in [2.45, 2.75) is 26.1 Å². The molecule has 0 saturated carbocycles. The van der Waals surface area contributed by atoms with Crippen molar-refractivity contribution in [2.24, 2.45) is 0 Å². The van der Waals surface area contributed by atoms with E-state index >= 15 is 0 Å². The first-order chi connectivity index (χ1) is 13.2. The minimum atomic E-state index is -4.51. The van der Waals surface area contributed by atoms with Crippen molar-refractivity contribution in [3.63, 3.8) is 0 Å². The number of nitrogens with one attached hydrogen (secondary N) is 1. The van der Waals surface area contributed by atoms with Crippen molar-refractivity contribution in [2.75, 3.05) is 0 Å². The Morgan fingerprint density at radius 3 is 2.61 bits per heavy atom. The average molecular weight is 407 g/mol. The quantitative estimate of drug-likeness (QED) is 0.708. The van der Waals surface area contributed by atoms with Crippen LogP contribution in [0.3, 0.4) is 0 Å². The summed E-state index contributed by atoms with van der Waals surface area (Å²) in [5, 5.41) is 8.58. The smallest absolute Gasteiger partial charge is 0.343 e. The molecule has 146 valence electrons. The lowest BCUT2D eigenvalue weighted by Gasteiger charge is -2.15. The van der Waals surface area contributed by atoms with Crippen LogP contribution in [-0.4, -0.2) is 15.7 Å². The number of hydrogen-bond acceptors (Lipinski definition) is 4. The Hall–Kier alpha value is -2.94. The van der Waals surface area contributed by atoms with Gasteiger partial charge in [-0.15, -0.1) is 11.3 Å². The first-order valence-electron chi connectivity index (χ1n) is 8.29. The zero-order valence-corrected chi connectivity index (χ0v) is 15.8. The van der Waals surface area contributed by atoms with Gasteiger partial charge < -0.3 is 5.32 Å². The van der Waals surface area contributed by atoms with Crippen molar-refractivity contribution in [3.8, 4) is 5.69 Å². The van der Waals surface area contributed by atoms with Crippen LogP contribution in [0.4, 0.5) is 13.2 Å². The molecule has 0 fully saturated rings. The third kappa shape index (κ3) is 4.14. The van der Waals surface area contributed by atoms with Crippen LogP contribution in [0.1, 0.15) is 39.6 Å².